The van der Waals surface area contributed by atoms with Crippen LogP contribution in [0.25, 0.3) is 0 Å². The number of hydrogen-bond acceptors (Lipinski definition) is 3. The molecule has 1 unspecified atom stereocenters. The van der Waals surface area contributed by atoms with E-state index in [0.717, 1.165) is 18.8 Å². The molecule has 2 heterocycles. The third-order valence-corrected chi connectivity index (χ3v) is 5.23. The summed E-state index contributed by atoms with van der Waals surface area (Å²) in [7, 11) is 1.89. The van der Waals surface area contributed by atoms with Gasteiger partial charge in [0.15, 0.2) is 0 Å². The normalized spacial score (nSPS) is 16.0. The molecule has 0 saturated carbocycles. The number of rotatable bonds is 5. The molecule has 1 amide bonds. The molecule has 2 aromatic carbocycles. The first-order valence-corrected chi connectivity index (χ1v) is 9.34. The largest absolute Gasteiger partial charge is 0.351 e. The van der Waals surface area contributed by atoms with Gasteiger partial charge >= 0.3 is 0 Å². The van der Waals surface area contributed by atoms with Crippen LogP contribution in [0.4, 0.5) is 0 Å². The van der Waals surface area contributed by atoms with Crippen molar-refractivity contribution in [1.29, 1.82) is 0 Å². The van der Waals surface area contributed by atoms with Gasteiger partial charge in [0.05, 0.1) is 17.5 Å². The van der Waals surface area contributed by atoms with Crippen LogP contribution < -0.4 is 10.6 Å². The number of nitrogens with zero attached hydrogens (tertiary/aromatic N) is 2. The van der Waals surface area contributed by atoms with E-state index in [1.807, 2.05) is 25.2 Å². The number of fused-ring (bicyclic) bond motifs is 1. The molecule has 1 aliphatic rings. The van der Waals surface area contributed by atoms with Crippen LogP contribution >= 0.6 is 0 Å². The summed E-state index contributed by atoms with van der Waals surface area (Å²) in [6, 6.07) is 18.6. The van der Waals surface area contributed by atoms with Gasteiger partial charge < -0.3 is 10.6 Å². The molecule has 4 rings (SSSR count). The molecule has 1 aromatic heterocycles. The van der Waals surface area contributed by atoms with Crippen molar-refractivity contribution in [1.82, 2.24) is 20.4 Å². The van der Waals surface area contributed by atoms with Gasteiger partial charge in [-0.2, -0.15) is 5.10 Å². The molecule has 138 valence electrons. The average Bonchev–Trinajstić information content (AvgIpc) is 3.07. The predicted molar refractivity (Wildman–Crippen MR) is 106 cm³/mol. The minimum absolute atomic E-state index is 0.0583. The van der Waals surface area contributed by atoms with Gasteiger partial charge in [0.2, 0.25) is 0 Å². The molecular formula is C22H24N4O. The maximum absolute atomic E-state index is 12.8. The molecule has 0 saturated heterocycles. The first-order valence-electron chi connectivity index (χ1n) is 9.34. The Morgan fingerprint density at radius 2 is 1.96 bits per heavy atom. The van der Waals surface area contributed by atoms with Crippen LogP contribution in [0.2, 0.25) is 0 Å². The quantitative estimate of drug-likeness (QED) is 0.735. The third-order valence-electron chi connectivity index (χ3n) is 5.23. The fourth-order valence-electron chi connectivity index (χ4n) is 3.73. The van der Waals surface area contributed by atoms with Crippen molar-refractivity contribution in [3.8, 4) is 0 Å². The Kier molecular flexibility index (Phi) is 5.03. The molecule has 27 heavy (non-hydrogen) atoms. The zero-order chi connectivity index (χ0) is 18.6. The van der Waals surface area contributed by atoms with Crippen molar-refractivity contribution in [2.45, 2.75) is 18.9 Å². The second-order valence-corrected chi connectivity index (χ2v) is 7.03. The number of carbonyl (C=O) groups is 1. The summed E-state index contributed by atoms with van der Waals surface area (Å²) in [5.41, 5.74) is 5.39. The zero-order valence-electron chi connectivity index (χ0n) is 15.5. The van der Waals surface area contributed by atoms with Crippen molar-refractivity contribution < 1.29 is 4.79 Å². The maximum Gasteiger partial charge on any atom is 0.254 e. The highest BCUT2D eigenvalue weighted by atomic mass is 16.1. The Bertz CT molecular complexity index is 932. The summed E-state index contributed by atoms with van der Waals surface area (Å²) in [4.78, 5) is 12.8. The van der Waals surface area contributed by atoms with E-state index in [4.69, 9.17) is 0 Å². The molecule has 3 aromatic rings. The maximum atomic E-state index is 12.8. The average molecular weight is 360 g/mol. The molecule has 0 spiro atoms. The third kappa shape index (κ3) is 3.78. The zero-order valence-corrected chi connectivity index (χ0v) is 15.5. The van der Waals surface area contributed by atoms with Crippen LogP contribution in [0.1, 0.15) is 38.7 Å². The monoisotopic (exact) mass is 360 g/mol. The summed E-state index contributed by atoms with van der Waals surface area (Å²) >= 11 is 0. The predicted octanol–water partition coefficient (Wildman–Crippen LogP) is 2.63. The highest BCUT2D eigenvalue weighted by Gasteiger charge is 2.22. The molecule has 0 bridgehead atoms. The molecule has 5 heteroatoms. The van der Waals surface area contributed by atoms with Crippen LogP contribution in [-0.2, 0) is 20.0 Å². The summed E-state index contributed by atoms with van der Waals surface area (Å²) in [6.07, 6.45) is 2.36. The van der Waals surface area contributed by atoms with Crippen molar-refractivity contribution in [3.63, 3.8) is 0 Å². The van der Waals surface area contributed by atoms with E-state index >= 15 is 0 Å². The van der Waals surface area contributed by atoms with E-state index in [1.165, 1.54) is 16.7 Å². The van der Waals surface area contributed by atoms with Crippen LogP contribution in [0.3, 0.4) is 0 Å². The van der Waals surface area contributed by atoms with Gasteiger partial charge in [0, 0.05) is 39.0 Å². The van der Waals surface area contributed by atoms with E-state index in [9.17, 15) is 4.79 Å². The number of aromatic nitrogens is 2. The number of aryl methyl sites for hydroxylation is 1. The lowest BCUT2D eigenvalue weighted by Crippen LogP contribution is -2.36. The SMILES string of the molecule is Cn1ncc(C(=O)NCC2CNCc3ccccc32)c1Cc1ccccc1. The van der Waals surface area contributed by atoms with Crippen LogP contribution in [-0.4, -0.2) is 28.8 Å². The lowest BCUT2D eigenvalue weighted by Gasteiger charge is -2.26. The standard InChI is InChI=1S/C22H24N4O/c1-26-21(11-16-7-3-2-4-8-16)20(15-25-26)22(27)24-14-18-13-23-12-17-9-5-6-10-19(17)18/h2-10,15,18,23H,11-14H2,1H3,(H,24,27). The van der Waals surface area contributed by atoms with Gasteiger partial charge in [-0.15, -0.1) is 0 Å². The number of carbonyl (C=O) groups excluding carboxylic acids is 1. The summed E-state index contributed by atoms with van der Waals surface area (Å²) in [5, 5.41) is 10.9. The van der Waals surface area contributed by atoms with Gasteiger partial charge in [-0.1, -0.05) is 54.6 Å². The van der Waals surface area contributed by atoms with Gasteiger partial charge in [-0.25, -0.2) is 0 Å². The summed E-state index contributed by atoms with van der Waals surface area (Å²) in [6.45, 7) is 2.38. The van der Waals surface area contributed by atoms with Crippen LogP contribution in [0.5, 0.6) is 0 Å². The van der Waals surface area contributed by atoms with Crippen LogP contribution in [0, 0.1) is 0 Å². The lowest BCUT2D eigenvalue weighted by atomic mass is 9.91. The molecule has 1 atom stereocenters. The Labute approximate surface area is 159 Å². The lowest BCUT2D eigenvalue weighted by molar-refractivity contribution is 0.0949. The Morgan fingerprint density at radius 1 is 1.19 bits per heavy atom. The molecular weight excluding hydrogens is 336 g/mol. The fourth-order valence-corrected chi connectivity index (χ4v) is 3.73. The second-order valence-electron chi connectivity index (χ2n) is 7.03. The molecule has 1 aliphatic heterocycles. The highest BCUT2D eigenvalue weighted by Crippen LogP contribution is 2.23. The Hall–Kier alpha value is -2.92. The molecule has 2 N–H and O–H groups in total. The van der Waals surface area contributed by atoms with Gasteiger partial charge in [-0.3, -0.25) is 9.48 Å². The number of amides is 1. The van der Waals surface area contributed by atoms with Crippen molar-refractivity contribution >= 4 is 5.91 Å². The minimum Gasteiger partial charge on any atom is -0.351 e. The van der Waals surface area contributed by atoms with E-state index in [2.05, 4.69) is 52.1 Å². The Balaban J connectivity index is 1.47. The topological polar surface area (TPSA) is 59.0 Å². The van der Waals surface area contributed by atoms with Gasteiger partial charge in [0.1, 0.15) is 0 Å². The van der Waals surface area contributed by atoms with Gasteiger partial charge in [-0.05, 0) is 16.7 Å². The Morgan fingerprint density at radius 3 is 2.81 bits per heavy atom. The number of nitrogens with one attached hydrogen (secondary N) is 2. The molecule has 0 fully saturated rings. The summed E-state index contributed by atoms with van der Waals surface area (Å²) < 4.78 is 1.79. The van der Waals surface area contributed by atoms with Crippen molar-refractivity contribution in [3.05, 3.63) is 88.7 Å². The van der Waals surface area contributed by atoms with Crippen molar-refractivity contribution in [2.75, 3.05) is 13.1 Å². The summed E-state index contributed by atoms with van der Waals surface area (Å²) in [5.74, 6) is 0.227. The number of benzene rings is 2. The van der Waals surface area contributed by atoms with E-state index in [0.29, 0.717) is 18.5 Å². The smallest absolute Gasteiger partial charge is 0.254 e. The first-order chi connectivity index (χ1) is 13.2. The van der Waals surface area contributed by atoms with Gasteiger partial charge in [0.25, 0.3) is 5.91 Å². The molecule has 5 nitrogen and oxygen atoms in total. The fraction of sp³-hybridized carbons (Fsp3) is 0.273. The molecule has 0 radical (unpaired) electrons. The highest BCUT2D eigenvalue weighted by molar-refractivity contribution is 5.95. The number of hydrogen-bond donors (Lipinski definition) is 2. The van der Waals surface area contributed by atoms with Crippen molar-refractivity contribution in [2.24, 2.45) is 7.05 Å². The first kappa shape index (κ1) is 17.5. The van der Waals surface area contributed by atoms with E-state index in [1.54, 1.807) is 10.9 Å². The second kappa shape index (κ2) is 7.76. The molecule has 0 aliphatic carbocycles. The van der Waals surface area contributed by atoms with E-state index in [-0.39, 0.29) is 11.8 Å². The van der Waals surface area contributed by atoms with Crippen LogP contribution in [0.15, 0.2) is 60.8 Å². The minimum atomic E-state index is -0.0583. The van der Waals surface area contributed by atoms with E-state index < -0.39 is 0 Å².